The van der Waals surface area contributed by atoms with E-state index in [2.05, 4.69) is 84.2 Å². The Hall–Kier alpha value is -11.6. The summed E-state index contributed by atoms with van der Waals surface area (Å²) in [5.74, 6) is -12.9. The first-order chi connectivity index (χ1) is 66.7. The molecular formula is C102H164N16O21. The van der Waals surface area contributed by atoms with Gasteiger partial charge in [-0.2, -0.15) is 0 Å². The van der Waals surface area contributed by atoms with Crippen LogP contribution < -0.4 is 86.8 Å². The number of amides is 11. The Bertz CT molecular complexity index is 4460. The van der Waals surface area contributed by atoms with Crippen LogP contribution in [0.25, 0.3) is 33.4 Å². The van der Waals surface area contributed by atoms with Crippen molar-refractivity contribution in [1.82, 2.24) is 58.5 Å². The van der Waals surface area contributed by atoms with Crippen LogP contribution in [-0.2, 0) is 62.3 Å². The van der Waals surface area contributed by atoms with Gasteiger partial charge in [0.15, 0.2) is 17.2 Å². The number of nitrogens with zero attached hydrogens (tertiary/aromatic N) is 1. The molecule has 23 N–H and O–H groups in total. The molecule has 0 saturated carbocycles. The van der Waals surface area contributed by atoms with E-state index in [1.54, 1.807) is 0 Å². The van der Waals surface area contributed by atoms with Crippen molar-refractivity contribution in [2.75, 3.05) is 52.4 Å². The van der Waals surface area contributed by atoms with Crippen LogP contribution in [0, 0.1) is 5.92 Å². The summed E-state index contributed by atoms with van der Waals surface area (Å²) < 4.78 is 5.90. The first-order valence-corrected chi connectivity index (χ1v) is 50.8. The summed E-state index contributed by atoms with van der Waals surface area (Å²) in [5, 5.41) is 69.1. The summed E-state index contributed by atoms with van der Waals surface area (Å²) in [6.07, 6.45) is 40.2. The van der Waals surface area contributed by atoms with Gasteiger partial charge < -0.3 is 106 Å². The second-order valence-corrected chi connectivity index (χ2v) is 36.3. The van der Waals surface area contributed by atoms with Crippen LogP contribution in [0.2, 0.25) is 0 Å². The van der Waals surface area contributed by atoms with Crippen molar-refractivity contribution >= 4 is 106 Å². The highest BCUT2D eigenvalue weighted by molar-refractivity contribution is 6.09. The fraction of sp³-hybridized carbons (Fsp3) is 0.657. The average molecular weight is 1950 g/mol. The third-order valence-electron chi connectivity index (χ3n) is 24.0. The van der Waals surface area contributed by atoms with Crippen molar-refractivity contribution in [3.63, 3.8) is 0 Å². The van der Waals surface area contributed by atoms with E-state index in [0.29, 0.717) is 61.6 Å². The molecule has 2 aromatic carbocycles. The van der Waals surface area contributed by atoms with E-state index in [1.165, 1.54) is 216 Å². The lowest BCUT2D eigenvalue weighted by Gasteiger charge is -2.25. The molecule has 0 bridgehead atoms. The second kappa shape index (κ2) is 73.5. The first-order valence-electron chi connectivity index (χ1n) is 50.8. The number of hydrogen-bond acceptors (Lipinski definition) is 21. The molecule has 37 heteroatoms. The number of carboxylic acid groups (broad SMARTS) is 3. The maximum Gasteiger partial charge on any atom is 0.336 e. The number of carboxylic acids is 3. The number of ketones is 1. The van der Waals surface area contributed by atoms with Crippen LogP contribution in [0.5, 0.6) is 5.75 Å². The second-order valence-electron chi connectivity index (χ2n) is 36.3. The zero-order valence-corrected chi connectivity index (χ0v) is 83.1. The number of hydrogen-bond donors (Lipinski definition) is 19. The number of Topliss-reactive ketones (excluding diaryl/α,β-unsaturated/α-hetero) is 1. The standard InChI is InChI=1S/C64H88N14O19.C38H76N2O2/c1-35(79)74-45(16-11-27-71-64(67)68)59(91)72-33-53(84)76-49(32-54(85)86)50(83)29-37(12-5-9-25-70-58(90)38-17-20-41(44(28-38)63(95)96)56-42-21-18-39(81)30-51(42)97-52-31-40(82)19-22-43(52)56)57(89)69-26-10-6-15-46(60(92)73-34-55(87)88)77-62(94)48(14-4-8-24-66)78-61(93)47(75-36(2)80)13-3-7-23-65;1-4-6-8-10-12-14-16-18-20-22-24-26-28-33-37(41)39-35-31-30-32-36(3)40-38(42)34-29-27-25-23-21-19-17-15-13-11-9-7-5-2/h17-22,28,30-31,37,45-49,81H,3-16,23-27,29,32-34,65-66H2,1-2H3,(H,69,89)(H,70,90)(H,72,91)(H,73,92)(H,74,79)(H,75,80)(H,76,84)(H,77,94)(H,78,93)(H,85,86)(H,87,88)(H,95,96)(H4,67,68,71);36H,4-35H2,1-3H3,(H,39,41)(H,40,42)/t37-,45-,46-,47+,48-,49-;36-/m01/s1. The van der Waals surface area contributed by atoms with Crippen LogP contribution in [0.15, 0.2) is 68.8 Å². The fourth-order valence-electron chi connectivity index (χ4n) is 16.3. The van der Waals surface area contributed by atoms with Crippen molar-refractivity contribution in [2.24, 2.45) is 33.8 Å². The molecule has 2 aromatic rings. The number of phenols is 1. The molecule has 0 spiro atoms. The molecule has 7 atom stereocenters. The highest BCUT2D eigenvalue weighted by Crippen LogP contribution is 2.42. The maximum absolute atomic E-state index is 14.1. The molecule has 11 amide bonds. The number of rotatable bonds is 78. The van der Waals surface area contributed by atoms with Gasteiger partial charge in [0.2, 0.25) is 59.1 Å². The number of aliphatic carboxylic acids is 2. The van der Waals surface area contributed by atoms with Crippen LogP contribution in [0.1, 0.15) is 357 Å². The number of aliphatic imine (C=N–C) groups is 1. The molecule has 0 fully saturated rings. The van der Waals surface area contributed by atoms with E-state index in [0.717, 1.165) is 45.6 Å². The van der Waals surface area contributed by atoms with Crippen molar-refractivity contribution in [2.45, 2.75) is 373 Å². The average Bonchev–Trinajstić information content (AvgIpc) is 0.745. The smallest absolute Gasteiger partial charge is 0.336 e. The fourth-order valence-corrected chi connectivity index (χ4v) is 16.3. The molecule has 37 nitrogen and oxygen atoms in total. The Morgan fingerprint density at radius 1 is 0.403 bits per heavy atom. The molecule has 0 unspecified atom stereocenters. The van der Waals surface area contributed by atoms with E-state index in [-0.39, 0.29) is 153 Å². The van der Waals surface area contributed by atoms with Gasteiger partial charge in [-0.25, -0.2) is 4.79 Å². The minimum atomic E-state index is -1.73. The molecule has 139 heavy (non-hydrogen) atoms. The Morgan fingerprint density at radius 3 is 1.37 bits per heavy atom. The highest BCUT2D eigenvalue weighted by Gasteiger charge is 2.33. The number of nitrogens with one attached hydrogen (secondary N) is 11. The van der Waals surface area contributed by atoms with Gasteiger partial charge in [0, 0.05) is 105 Å². The predicted octanol–water partition coefficient (Wildman–Crippen LogP) is 11.0. The van der Waals surface area contributed by atoms with Crippen LogP contribution in [0.3, 0.4) is 0 Å². The lowest BCUT2D eigenvalue weighted by Crippen LogP contribution is -2.56. The normalized spacial score (nSPS) is 12.6. The monoisotopic (exact) mass is 1950 g/mol. The van der Waals surface area contributed by atoms with Gasteiger partial charge in [0.25, 0.3) is 5.91 Å². The number of aromatic carboxylic acids is 1. The molecule has 2 aliphatic rings. The van der Waals surface area contributed by atoms with Crippen molar-refractivity contribution < 1.29 is 96.8 Å². The van der Waals surface area contributed by atoms with E-state index < -0.39 is 139 Å². The molecule has 0 radical (unpaired) electrons. The van der Waals surface area contributed by atoms with Gasteiger partial charge in [-0.1, -0.05) is 180 Å². The Labute approximate surface area is 819 Å². The van der Waals surface area contributed by atoms with E-state index >= 15 is 0 Å². The zero-order chi connectivity index (χ0) is 102. The number of aromatic hydroxyl groups is 1. The summed E-state index contributed by atoms with van der Waals surface area (Å²) in [4.78, 5) is 210. The zero-order valence-electron chi connectivity index (χ0n) is 83.1. The maximum atomic E-state index is 14.1. The molecule has 1 aliphatic carbocycles. The molecule has 1 heterocycles. The third-order valence-corrected chi connectivity index (χ3v) is 24.0. The summed E-state index contributed by atoms with van der Waals surface area (Å²) in [5.41, 5.74) is 22.3. The third kappa shape index (κ3) is 55.1. The lowest BCUT2D eigenvalue weighted by molar-refractivity contribution is -0.141. The highest BCUT2D eigenvalue weighted by atomic mass is 16.4. The first kappa shape index (κ1) is 122. The quantitative estimate of drug-likeness (QED) is 0.00845. The largest absolute Gasteiger partial charge is 0.508 e. The summed E-state index contributed by atoms with van der Waals surface area (Å²) in [6, 6.07) is 5.89. The van der Waals surface area contributed by atoms with Crippen LogP contribution in [0.4, 0.5) is 0 Å². The summed E-state index contributed by atoms with van der Waals surface area (Å²) in [6.45, 7) is 8.78. The summed E-state index contributed by atoms with van der Waals surface area (Å²) in [7, 11) is 0. The molecule has 1 aliphatic heterocycles. The Balaban J connectivity index is 0.000000988. The molecule has 778 valence electrons. The van der Waals surface area contributed by atoms with Crippen LogP contribution >= 0.6 is 0 Å². The number of guanidine groups is 1. The minimum Gasteiger partial charge on any atom is -0.508 e. The topological polar surface area (TPSA) is 616 Å². The lowest BCUT2D eigenvalue weighted by atomic mass is 9.90. The Morgan fingerprint density at radius 2 is 0.863 bits per heavy atom. The minimum absolute atomic E-state index is 0.0460. The van der Waals surface area contributed by atoms with E-state index in [4.69, 9.17) is 27.4 Å². The molecule has 0 saturated heterocycles. The van der Waals surface area contributed by atoms with Crippen molar-refractivity contribution in [1.29, 1.82) is 0 Å². The molecule has 0 aromatic heterocycles. The number of nitrogens with two attached hydrogens (primary N) is 4. The number of benzene rings is 3. The van der Waals surface area contributed by atoms with Gasteiger partial charge in [0.05, 0.1) is 24.6 Å². The van der Waals surface area contributed by atoms with Crippen molar-refractivity contribution in [3.8, 4) is 28.2 Å². The van der Waals surface area contributed by atoms with Gasteiger partial charge in [0.1, 0.15) is 47.8 Å². The Kier molecular flexibility index (Phi) is 64.3. The van der Waals surface area contributed by atoms with Crippen molar-refractivity contribution in [3.05, 3.63) is 75.9 Å². The number of fused-ring (bicyclic) bond motifs is 2. The van der Waals surface area contributed by atoms with E-state index in [1.807, 2.05) is 0 Å². The molecular weight excluding hydrogens is 1790 g/mol. The predicted molar refractivity (Wildman–Crippen MR) is 537 cm³/mol. The number of carbonyl (C=O) groups excluding carboxylic acids is 12. The summed E-state index contributed by atoms with van der Waals surface area (Å²) >= 11 is 0. The SMILES string of the molecule is CC(=O)N[C@@H](CCCN=C(N)N)C(=O)NCC(=O)N[C@@H](CC(=O)O)C(=O)C[C@H](CCCCNC(=O)c1ccc(-c2c3ccc(=O)cc-3oc3cc(O)ccc23)c(C(=O)O)c1)C(=O)NCCCC[C@H](NC(=O)[C@H](CCCCN)NC(=O)[C@@H](CCCCN)NC(C)=O)C(=O)NCC(=O)O.CCCCCCCCCCCCCCCC(=O)NCCCC[C@@H](C)NC(=O)CCCCCCCCCCCCCCC. The number of unbranched alkanes of at least 4 members (excludes halogenated alkanes) is 29. The van der Waals surface area contributed by atoms with Gasteiger partial charge in [-0.3, -0.25) is 76.9 Å². The van der Waals surface area contributed by atoms with E-state index in [9.17, 15) is 97.1 Å². The van der Waals surface area contributed by atoms with Crippen LogP contribution in [-0.4, -0.2) is 204 Å². The number of phenolic OH excluding ortho intramolecular Hbond substituents is 1. The van der Waals surface area contributed by atoms with Gasteiger partial charge >= 0.3 is 17.9 Å². The van der Waals surface area contributed by atoms with Gasteiger partial charge in [-0.15, -0.1) is 0 Å². The molecule has 4 rings (SSSR count). The van der Waals surface area contributed by atoms with Gasteiger partial charge in [-0.05, 0) is 178 Å². The number of carbonyl (C=O) groups is 15.